The van der Waals surface area contributed by atoms with Crippen molar-refractivity contribution < 1.29 is 23.0 Å². The van der Waals surface area contributed by atoms with Crippen molar-refractivity contribution in [2.45, 2.75) is 51.7 Å². The Morgan fingerprint density at radius 2 is 1.83 bits per heavy atom. The number of carbonyl (C=O) groups is 1. The van der Waals surface area contributed by atoms with E-state index < -0.39 is 17.2 Å². The molecular formula is C28H33F2N3O3. The third-order valence-corrected chi connectivity index (χ3v) is 8.06. The number of methoxy groups -OCH3 is 2. The molecule has 0 bridgehead atoms. The highest BCUT2D eigenvalue weighted by Crippen LogP contribution is 2.47. The SMILES string of the molecule is CCN1C(=O)N2Cc3cc(OC)cc(OC)c3CC=C2C12CCN(Cc1c(F)ccc(C)c1F)CC2. The van der Waals surface area contributed by atoms with Crippen LogP contribution in [0.15, 0.2) is 36.0 Å². The maximum Gasteiger partial charge on any atom is 0.325 e. The van der Waals surface area contributed by atoms with Crippen molar-refractivity contribution in [1.29, 1.82) is 0 Å². The van der Waals surface area contributed by atoms with Gasteiger partial charge in [0.25, 0.3) is 0 Å². The third kappa shape index (κ3) is 3.82. The molecule has 3 aliphatic heterocycles. The van der Waals surface area contributed by atoms with E-state index in [2.05, 4.69) is 11.0 Å². The van der Waals surface area contributed by atoms with Crippen LogP contribution in [0.5, 0.6) is 11.5 Å². The number of urea groups is 1. The molecule has 0 saturated carbocycles. The van der Waals surface area contributed by atoms with E-state index in [1.165, 1.54) is 12.1 Å². The van der Waals surface area contributed by atoms with Gasteiger partial charge >= 0.3 is 6.03 Å². The molecule has 6 nitrogen and oxygen atoms in total. The quantitative estimate of drug-likeness (QED) is 0.582. The van der Waals surface area contributed by atoms with E-state index in [4.69, 9.17) is 9.47 Å². The van der Waals surface area contributed by atoms with Crippen molar-refractivity contribution in [2.75, 3.05) is 33.9 Å². The molecule has 0 unspecified atom stereocenters. The molecule has 3 aliphatic rings. The van der Waals surface area contributed by atoms with Crippen LogP contribution < -0.4 is 9.47 Å². The molecule has 0 atom stereocenters. The second kappa shape index (κ2) is 9.39. The number of rotatable bonds is 5. The molecule has 5 rings (SSSR count). The molecule has 192 valence electrons. The minimum Gasteiger partial charge on any atom is -0.497 e. The number of aryl methyl sites for hydroxylation is 1. The summed E-state index contributed by atoms with van der Waals surface area (Å²) in [4.78, 5) is 19.6. The molecule has 3 heterocycles. The van der Waals surface area contributed by atoms with Crippen LogP contribution in [0.3, 0.4) is 0 Å². The van der Waals surface area contributed by atoms with Gasteiger partial charge in [-0.3, -0.25) is 9.80 Å². The number of likely N-dealkylation sites (N-methyl/N-ethyl adjacent to an activating group) is 1. The fourth-order valence-electron chi connectivity index (χ4n) is 6.12. The highest BCUT2D eigenvalue weighted by molar-refractivity contribution is 5.83. The molecular weight excluding hydrogens is 464 g/mol. The van der Waals surface area contributed by atoms with Crippen molar-refractivity contribution >= 4 is 6.03 Å². The number of allylic oxidation sites excluding steroid dienone is 1. The Hall–Kier alpha value is -3.13. The van der Waals surface area contributed by atoms with Gasteiger partial charge < -0.3 is 14.4 Å². The number of amides is 2. The van der Waals surface area contributed by atoms with Gasteiger partial charge in [0.1, 0.15) is 23.1 Å². The predicted octanol–water partition coefficient (Wildman–Crippen LogP) is 5.02. The predicted molar refractivity (Wildman–Crippen MR) is 133 cm³/mol. The van der Waals surface area contributed by atoms with Gasteiger partial charge in [-0.1, -0.05) is 12.1 Å². The number of piperidine rings is 1. The number of hydrogen-bond acceptors (Lipinski definition) is 4. The standard InChI is InChI=1S/C28H33F2N3O3/c1-5-33-27(34)32-16-19-14-20(35-3)15-24(36-4)21(19)7-9-25(32)28(33)10-12-31(13-11-28)17-22-23(29)8-6-18(2)26(22)30/h6,8-9,14-15H,5,7,10-13,16-17H2,1-4H3. The molecule has 2 aromatic rings. The minimum atomic E-state index is -0.510. The number of fused-ring (bicyclic) bond motifs is 3. The first kappa shape index (κ1) is 24.6. The number of benzene rings is 2. The lowest BCUT2D eigenvalue weighted by molar-refractivity contribution is 0.0877. The average Bonchev–Trinajstić information content (AvgIpc) is 3.00. The first-order chi connectivity index (χ1) is 17.3. The molecule has 1 spiro atoms. The van der Waals surface area contributed by atoms with Gasteiger partial charge in [0, 0.05) is 49.1 Å². The van der Waals surface area contributed by atoms with Crippen LogP contribution in [-0.2, 0) is 19.5 Å². The van der Waals surface area contributed by atoms with Gasteiger partial charge in [0.15, 0.2) is 0 Å². The van der Waals surface area contributed by atoms with E-state index >= 15 is 0 Å². The lowest BCUT2D eigenvalue weighted by Gasteiger charge is -2.44. The van der Waals surface area contributed by atoms with Crippen molar-refractivity contribution in [3.05, 3.63) is 69.9 Å². The maximum absolute atomic E-state index is 14.6. The zero-order valence-corrected chi connectivity index (χ0v) is 21.4. The molecule has 2 aromatic carbocycles. The molecule has 0 radical (unpaired) electrons. The monoisotopic (exact) mass is 497 g/mol. The van der Waals surface area contributed by atoms with E-state index in [1.54, 1.807) is 21.1 Å². The molecule has 36 heavy (non-hydrogen) atoms. The Morgan fingerprint density at radius 3 is 2.50 bits per heavy atom. The third-order valence-electron chi connectivity index (χ3n) is 8.06. The lowest BCUT2D eigenvalue weighted by atomic mass is 9.83. The Balaban J connectivity index is 1.43. The van der Waals surface area contributed by atoms with Crippen LogP contribution in [0.4, 0.5) is 13.6 Å². The second-order valence-corrected chi connectivity index (χ2v) is 9.84. The molecule has 8 heteroatoms. The zero-order valence-electron chi connectivity index (χ0n) is 21.4. The van der Waals surface area contributed by atoms with Crippen LogP contribution in [0.25, 0.3) is 0 Å². The van der Waals surface area contributed by atoms with E-state index in [0.717, 1.165) is 22.6 Å². The summed E-state index contributed by atoms with van der Waals surface area (Å²) in [5, 5.41) is 0. The molecule has 0 N–H and O–H groups in total. The molecule has 0 aliphatic carbocycles. The average molecular weight is 498 g/mol. The first-order valence-electron chi connectivity index (χ1n) is 12.5. The van der Waals surface area contributed by atoms with Crippen molar-refractivity contribution in [3.63, 3.8) is 0 Å². The van der Waals surface area contributed by atoms with Crippen molar-refractivity contribution in [1.82, 2.24) is 14.7 Å². The summed E-state index contributed by atoms with van der Waals surface area (Å²) < 4.78 is 40.2. The van der Waals surface area contributed by atoms with Crippen LogP contribution in [0.2, 0.25) is 0 Å². The van der Waals surface area contributed by atoms with Gasteiger partial charge in [0.05, 0.1) is 26.3 Å². The van der Waals surface area contributed by atoms with E-state index in [1.807, 2.05) is 28.9 Å². The Bertz CT molecular complexity index is 1220. The fourth-order valence-corrected chi connectivity index (χ4v) is 6.12. The van der Waals surface area contributed by atoms with E-state index in [0.29, 0.717) is 56.8 Å². The number of nitrogens with zero attached hydrogens (tertiary/aromatic N) is 3. The molecule has 2 amide bonds. The van der Waals surface area contributed by atoms with Gasteiger partial charge in [-0.05, 0) is 56.4 Å². The Labute approximate surface area is 211 Å². The number of hydrogen-bond donors (Lipinski definition) is 0. The minimum absolute atomic E-state index is 0.00242. The van der Waals surface area contributed by atoms with Crippen LogP contribution >= 0.6 is 0 Å². The van der Waals surface area contributed by atoms with Crippen LogP contribution in [-0.4, -0.2) is 60.1 Å². The first-order valence-corrected chi connectivity index (χ1v) is 12.5. The highest BCUT2D eigenvalue weighted by Gasteiger charge is 2.54. The molecule has 0 aromatic heterocycles. The zero-order chi connectivity index (χ0) is 25.6. The summed E-state index contributed by atoms with van der Waals surface area (Å²) in [7, 11) is 3.27. The Kier molecular flexibility index (Phi) is 6.41. The van der Waals surface area contributed by atoms with Crippen LogP contribution in [0, 0.1) is 18.6 Å². The second-order valence-electron chi connectivity index (χ2n) is 9.84. The highest BCUT2D eigenvalue weighted by atomic mass is 19.1. The fraction of sp³-hybridized carbons (Fsp3) is 0.464. The lowest BCUT2D eigenvalue weighted by Crippen LogP contribution is -2.53. The summed E-state index contributed by atoms with van der Waals surface area (Å²) in [6.07, 6.45) is 4.25. The number of halogens is 2. The summed E-state index contributed by atoms with van der Waals surface area (Å²) in [5.41, 5.74) is 3.25. The number of likely N-dealkylation sites (tertiary alicyclic amines) is 1. The largest absolute Gasteiger partial charge is 0.497 e. The van der Waals surface area contributed by atoms with Crippen molar-refractivity contribution in [2.24, 2.45) is 0 Å². The summed E-state index contributed by atoms with van der Waals surface area (Å²) in [6, 6.07) is 6.67. The van der Waals surface area contributed by atoms with Crippen molar-refractivity contribution in [3.8, 4) is 11.5 Å². The summed E-state index contributed by atoms with van der Waals surface area (Å²) in [6.45, 7) is 6.23. The number of ether oxygens (including phenoxy) is 2. The normalized spacial score (nSPS) is 19.2. The van der Waals surface area contributed by atoms with Gasteiger partial charge in [0.2, 0.25) is 0 Å². The van der Waals surface area contributed by atoms with Crippen LogP contribution in [0.1, 0.15) is 42.0 Å². The molecule has 2 fully saturated rings. The van der Waals surface area contributed by atoms with Gasteiger partial charge in [-0.2, -0.15) is 0 Å². The topological polar surface area (TPSA) is 45.3 Å². The molecule has 2 saturated heterocycles. The summed E-state index contributed by atoms with van der Waals surface area (Å²) in [5.74, 6) is 0.477. The number of carbonyl (C=O) groups excluding carboxylic acids is 1. The van der Waals surface area contributed by atoms with Gasteiger partial charge in [-0.25, -0.2) is 13.6 Å². The smallest absolute Gasteiger partial charge is 0.325 e. The van der Waals surface area contributed by atoms with E-state index in [9.17, 15) is 13.6 Å². The van der Waals surface area contributed by atoms with E-state index in [-0.39, 0.29) is 18.1 Å². The maximum atomic E-state index is 14.6. The van der Waals surface area contributed by atoms with Gasteiger partial charge in [-0.15, -0.1) is 0 Å². The summed E-state index contributed by atoms with van der Waals surface area (Å²) >= 11 is 0. The Morgan fingerprint density at radius 1 is 1.08 bits per heavy atom.